The van der Waals surface area contributed by atoms with E-state index < -0.39 is 0 Å². The average Bonchev–Trinajstić information content (AvgIpc) is 3.88. The highest BCUT2D eigenvalue weighted by molar-refractivity contribution is 6.27. The number of furan rings is 1. The molecular weight excluding hydrogens is 765 g/mol. The molecule has 0 amide bonds. The Bertz CT molecular complexity index is 3890. The second kappa shape index (κ2) is 14.1. The Morgan fingerprint density at radius 1 is 0.333 bits per heavy atom. The first-order valence-corrected chi connectivity index (χ1v) is 21.6. The third kappa shape index (κ3) is 5.53. The zero-order valence-corrected chi connectivity index (χ0v) is 34.2. The van der Waals surface area contributed by atoms with Crippen LogP contribution in [0.3, 0.4) is 0 Å². The van der Waals surface area contributed by atoms with Crippen molar-refractivity contribution in [3.8, 4) is 27.9 Å². The largest absolute Gasteiger partial charge is 0.456 e. The standard InChI is InChI=1S/C60H38N2O/c1-3-17-41(18-4-1)58-59-52-37-45(34-35-54(52)62(53-28-15-20-39-16-7-10-24-47(39)53)55(59)38-57-60(58)50-27-13-14-29-56(50)63-57)61(43-21-5-2-6-22-43)44-32-30-40(31-33-44)51-36-42-19-8-9-23-46(42)48-25-11-12-26-49(48)51/h1-38H. The van der Waals surface area contributed by atoms with Crippen LogP contribution >= 0.6 is 0 Å². The molecule has 0 unspecified atom stereocenters. The second-order valence-electron chi connectivity index (χ2n) is 16.4. The first-order chi connectivity index (χ1) is 31.3. The molecule has 13 aromatic rings. The number of rotatable bonds is 6. The summed E-state index contributed by atoms with van der Waals surface area (Å²) in [5.41, 5.74) is 13.1. The molecule has 0 N–H and O–H groups in total. The molecule has 0 aliphatic rings. The minimum Gasteiger partial charge on any atom is -0.456 e. The molecule has 3 nitrogen and oxygen atoms in total. The van der Waals surface area contributed by atoms with E-state index in [1.54, 1.807) is 0 Å². The molecule has 11 aromatic carbocycles. The Hall–Kier alpha value is -8.40. The van der Waals surface area contributed by atoms with Gasteiger partial charge in [0.25, 0.3) is 0 Å². The van der Waals surface area contributed by atoms with E-state index in [0.717, 1.165) is 61.3 Å². The van der Waals surface area contributed by atoms with Gasteiger partial charge < -0.3 is 13.9 Å². The van der Waals surface area contributed by atoms with Gasteiger partial charge >= 0.3 is 0 Å². The fourth-order valence-electron chi connectivity index (χ4n) is 10.2. The Kier molecular flexibility index (Phi) is 7.91. The van der Waals surface area contributed by atoms with Crippen LogP contribution in [0.25, 0.3) is 104 Å². The summed E-state index contributed by atoms with van der Waals surface area (Å²) < 4.78 is 9.19. The van der Waals surface area contributed by atoms with Crippen LogP contribution in [0, 0.1) is 0 Å². The van der Waals surface area contributed by atoms with Crippen LogP contribution in [0.5, 0.6) is 0 Å². The average molecular weight is 803 g/mol. The lowest BCUT2D eigenvalue weighted by molar-refractivity contribution is 0.669. The van der Waals surface area contributed by atoms with Crippen LogP contribution < -0.4 is 4.90 Å². The zero-order chi connectivity index (χ0) is 41.4. The topological polar surface area (TPSA) is 21.3 Å². The van der Waals surface area contributed by atoms with Gasteiger partial charge in [0.1, 0.15) is 11.2 Å². The van der Waals surface area contributed by atoms with Gasteiger partial charge in [-0.3, -0.25) is 0 Å². The van der Waals surface area contributed by atoms with Crippen LogP contribution in [0.15, 0.2) is 235 Å². The van der Waals surface area contributed by atoms with E-state index in [1.807, 2.05) is 0 Å². The van der Waals surface area contributed by atoms with Gasteiger partial charge in [-0.15, -0.1) is 0 Å². The van der Waals surface area contributed by atoms with Gasteiger partial charge in [0.05, 0.1) is 16.7 Å². The van der Waals surface area contributed by atoms with Gasteiger partial charge in [-0.1, -0.05) is 164 Å². The highest BCUT2D eigenvalue weighted by atomic mass is 16.3. The van der Waals surface area contributed by atoms with E-state index >= 15 is 0 Å². The van der Waals surface area contributed by atoms with Crippen LogP contribution in [-0.4, -0.2) is 4.57 Å². The van der Waals surface area contributed by atoms with E-state index in [-0.39, 0.29) is 0 Å². The number of benzene rings is 11. The highest BCUT2D eigenvalue weighted by Gasteiger charge is 2.25. The van der Waals surface area contributed by atoms with Gasteiger partial charge in [-0.2, -0.15) is 0 Å². The molecule has 0 aliphatic carbocycles. The molecule has 0 saturated carbocycles. The first kappa shape index (κ1) is 35.4. The number of nitrogens with zero attached hydrogens (tertiary/aromatic N) is 2. The summed E-state index contributed by atoms with van der Waals surface area (Å²) >= 11 is 0. The smallest absolute Gasteiger partial charge is 0.138 e. The lowest BCUT2D eigenvalue weighted by Gasteiger charge is -2.26. The maximum Gasteiger partial charge on any atom is 0.138 e. The molecule has 63 heavy (non-hydrogen) atoms. The molecule has 0 aliphatic heterocycles. The molecule has 0 atom stereocenters. The van der Waals surface area contributed by atoms with Crippen molar-refractivity contribution in [3.05, 3.63) is 231 Å². The maximum absolute atomic E-state index is 6.74. The Labute approximate surface area is 363 Å². The minimum absolute atomic E-state index is 0.872. The summed E-state index contributed by atoms with van der Waals surface area (Å²) in [6.07, 6.45) is 0. The monoisotopic (exact) mass is 802 g/mol. The molecule has 13 rings (SSSR count). The van der Waals surface area contributed by atoms with Crippen molar-refractivity contribution in [1.82, 2.24) is 4.57 Å². The molecule has 2 aromatic heterocycles. The Balaban J connectivity index is 1.08. The lowest BCUT2D eigenvalue weighted by Crippen LogP contribution is -2.09. The number of para-hydroxylation sites is 2. The molecule has 0 saturated heterocycles. The van der Waals surface area contributed by atoms with E-state index in [2.05, 4.69) is 240 Å². The molecule has 3 heteroatoms. The number of hydrogen-bond acceptors (Lipinski definition) is 2. The van der Waals surface area contributed by atoms with Crippen LogP contribution in [-0.2, 0) is 0 Å². The Morgan fingerprint density at radius 2 is 0.952 bits per heavy atom. The minimum atomic E-state index is 0.872. The molecule has 294 valence electrons. The van der Waals surface area contributed by atoms with Crippen molar-refractivity contribution in [3.63, 3.8) is 0 Å². The second-order valence-corrected chi connectivity index (χ2v) is 16.4. The lowest BCUT2D eigenvalue weighted by atomic mass is 9.93. The predicted molar refractivity (Wildman–Crippen MR) is 266 cm³/mol. The summed E-state index contributed by atoms with van der Waals surface area (Å²) in [5.74, 6) is 0. The zero-order valence-electron chi connectivity index (χ0n) is 34.2. The van der Waals surface area contributed by atoms with E-state index in [4.69, 9.17) is 4.42 Å². The highest BCUT2D eigenvalue weighted by Crippen LogP contribution is 2.48. The molecule has 2 heterocycles. The SMILES string of the molecule is c1ccc(-c2c3c(cc4c2c2cc(N(c5ccccc5)c5ccc(-c6cc7ccccc7c7ccccc67)cc5)ccc2n4-c2cccc4ccccc24)oc2ccccc23)cc1. The summed E-state index contributed by atoms with van der Waals surface area (Å²) in [6.45, 7) is 0. The maximum atomic E-state index is 6.74. The van der Waals surface area contributed by atoms with Gasteiger partial charge in [-0.25, -0.2) is 0 Å². The summed E-state index contributed by atoms with van der Waals surface area (Å²) in [6, 6.07) is 83.4. The van der Waals surface area contributed by atoms with Crippen molar-refractivity contribution in [1.29, 1.82) is 0 Å². The van der Waals surface area contributed by atoms with Crippen LogP contribution in [0.1, 0.15) is 0 Å². The van der Waals surface area contributed by atoms with Gasteiger partial charge in [0.15, 0.2) is 0 Å². The number of aromatic nitrogens is 1. The van der Waals surface area contributed by atoms with Gasteiger partial charge in [0, 0.05) is 55.6 Å². The van der Waals surface area contributed by atoms with Crippen LogP contribution in [0.2, 0.25) is 0 Å². The van der Waals surface area contributed by atoms with Gasteiger partial charge in [0.2, 0.25) is 0 Å². The molecule has 0 fully saturated rings. The summed E-state index contributed by atoms with van der Waals surface area (Å²) in [7, 11) is 0. The van der Waals surface area contributed by atoms with Crippen molar-refractivity contribution < 1.29 is 4.42 Å². The van der Waals surface area contributed by atoms with Crippen molar-refractivity contribution in [2.45, 2.75) is 0 Å². The predicted octanol–water partition coefficient (Wildman–Crippen LogP) is 16.9. The number of fused-ring (bicyclic) bond motifs is 10. The molecule has 0 spiro atoms. The molecule has 0 bridgehead atoms. The van der Waals surface area contributed by atoms with Crippen molar-refractivity contribution in [2.24, 2.45) is 0 Å². The number of hydrogen-bond donors (Lipinski definition) is 0. The molecular formula is C60H38N2O. The third-order valence-electron chi connectivity index (χ3n) is 12.9. The van der Waals surface area contributed by atoms with Crippen molar-refractivity contribution >= 4 is 93.1 Å². The van der Waals surface area contributed by atoms with Gasteiger partial charge in [-0.05, 0) is 104 Å². The van der Waals surface area contributed by atoms with Crippen molar-refractivity contribution in [2.75, 3.05) is 4.90 Å². The Morgan fingerprint density at radius 3 is 1.76 bits per heavy atom. The normalized spacial score (nSPS) is 11.8. The third-order valence-corrected chi connectivity index (χ3v) is 12.9. The summed E-state index contributed by atoms with van der Waals surface area (Å²) in [5, 5.41) is 12.0. The van der Waals surface area contributed by atoms with E-state index in [1.165, 1.54) is 59.8 Å². The van der Waals surface area contributed by atoms with Crippen LogP contribution in [0.4, 0.5) is 17.1 Å². The summed E-state index contributed by atoms with van der Waals surface area (Å²) in [4.78, 5) is 2.39. The first-order valence-electron chi connectivity index (χ1n) is 21.6. The van der Waals surface area contributed by atoms with E-state index in [9.17, 15) is 0 Å². The van der Waals surface area contributed by atoms with E-state index in [0.29, 0.717) is 0 Å². The fourth-order valence-corrected chi connectivity index (χ4v) is 10.2. The number of anilines is 3. The molecule has 0 radical (unpaired) electrons. The fraction of sp³-hybridized carbons (Fsp3) is 0. The quantitative estimate of drug-likeness (QED) is 0.156.